The number of carbonyl (C=O) groups is 1. The highest BCUT2D eigenvalue weighted by atomic mass is 16.5. The molecule has 1 saturated carbocycles. The van der Waals surface area contributed by atoms with Gasteiger partial charge in [0.2, 0.25) is 0 Å². The molecule has 16 heavy (non-hydrogen) atoms. The number of hydrogen-bond donors (Lipinski definition) is 2. The Labute approximate surface area is 97.9 Å². The van der Waals surface area contributed by atoms with Gasteiger partial charge in [-0.3, -0.25) is 4.79 Å². The first kappa shape index (κ1) is 13.5. The first-order chi connectivity index (χ1) is 7.53. The second-order valence-electron chi connectivity index (χ2n) is 4.82. The molecule has 4 nitrogen and oxygen atoms in total. The molecule has 1 rings (SSSR count). The minimum Gasteiger partial charge on any atom is -0.369 e. The minimum absolute atomic E-state index is 0.0418. The number of ether oxygens (including phenoxy) is 1. The topological polar surface area (TPSA) is 64.3 Å². The summed E-state index contributed by atoms with van der Waals surface area (Å²) in [4.78, 5) is 12.0. The Kier molecular flexibility index (Phi) is 4.74. The third-order valence-corrected chi connectivity index (χ3v) is 3.74. The molecule has 1 aliphatic rings. The summed E-state index contributed by atoms with van der Waals surface area (Å²) in [5, 5.41) is 3.02. The second-order valence-corrected chi connectivity index (χ2v) is 4.82. The molecule has 1 amide bonds. The summed E-state index contributed by atoms with van der Waals surface area (Å²) in [6.07, 6.45) is 4.96. The monoisotopic (exact) mass is 228 g/mol. The zero-order valence-electron chi connectivity index (χ0n) is 10.6. The van der Waals surface area contributed by atoms with Crippen molar-refractivity contribution in [2.75, 3.05) is 7.11 Å². The van der Waals surface area contributed by atoms with Gasteiger partial charge in [-0.15, -0.1) is 0 Å². The van der Waals surface area contributed by atoms with Gasteiger partial charge in [0.25, 0.3) is 5.91 Å². The van der Waals surface area contributed by atoms with Crippen molar-refractivity contribution in [3.8, 4) is 0 Å². The molecule has 0 aliphatic heterocycles. The van der Waals surface area contributed by atoms with E-state index in [4.69, 9.17) is 10.5 Å². The molecule has 4 heteroatoms. The van der Waals surface area contributed by atoms with Crippen molar-refractivity contribution in [1.82, 2.24) is 5.32 Å². The van der Waals surface area contributed by atoms with E-state index < -0.39 is 5.60 Å². The Balaban J connectivity index is 2.55. The fourth-order valence-corrected chi connectivity index (χ4v) is 2.06. The molecule has 0 aromatic heterocycles. The average molecular weight is 228 g/mol. The van der Waals surface area contributed by atoms with Gasteiger partial charge >= 0.3 is 0 Å². The number of nitrogens with one attached hydrogen (secondary N) is 1. The fraction of sp³-hybridized carbons (Fsp3) is 0.917. The van der Waals surface area contributed by atoms with E-state index in [1.54, 1.807) is 7.11 Å². The SMILES string of the molecule is CCC(C)(OC)C(=O)NC1CCCCC1N. The van der Waals surface area contributed by atoms with E-state index in [0.29, 0.717) is 6.42 Å². The summed E-state index contributed by atoms with van der Waals surface area (Å²) in [7, 11) is 1.57. The van der Waals surface area contributed by atoms with Gasteiger partial charge in [-0.05, 0) is 26.2 Å². The van der Waals surface area contributed by atoms with Crippen molar-refractivity contribution in [2.45, 2.75) is 63.6 Å². The third kappa shape index (κ3) is 2.95. The number of methoxy groups -OCH3 is 1. The van der Waals surface area contributed by atoms with Gasteiger partial charge in [-0.25, -0.2) is 0 Å². The normalized spacial score (nSPS) is 29.5. The molecule has 94 valence electrons. The quantitative estimate of drug-likeness (QED) is 0.759. The largest absolute Gasteiger partial charge is 0.369 e. The van der Waals surface area contributed by atoms with Gasteiger partial charge < -0.3 is 15.8 Å². The second kappa shape index (κ2) is 5.64. The molecule has 0 heterocycles. The molecular formula is C12H24N2O2. The number of hydrogen-bond acceptors (Lipinski definition) is 3. The highest BCUT2D eigenvalue weighted by Gasteiger charge is 2.34. The average Bonchev–Trinajstić information content (AvgIpc) is 2.31. The highest BCUT2D eigenvalue weighted by molar-refractivity contribution is 5.85. The van der Waals surface area contributed by atoms with Gasteiger partial charge in [-0.1, -0.05) is 19.8 Å². The highest BCUT2D eigenvalue weighted by Crippen LogP contribution is 2.19. The van der Waals surface area contributed by atoms with Crippen molar-refractivity contribution < 1.29 is 9.53 Å². The molecule has 1 fully saturated rings. The maximum Gasteiger partial charge on any atom is 0.252 e. The summed E-state index contributed by atoms with van der Waals surface area (Å²) in [5.41, 5.74) is 5.27. The lowest BCUT2D eigenvalue weighted by molar-refractivity contribution is -0.143. The molecule has 0 spiro atoms. The Bertz CT molecular complexity index is 239. The van der Waals surface area contributed by atoms with Crippen LogP contribution in [0.5, 0.6) is 0 Å². The van der Waals surface area contributed by atoms with E-state index in [1.165, 1.54) is 6.42 Å². The number of carbonyl (C=O) groups excluding carboxylic acids is 1. The molecular weight excluding hydrogens is 204 g/mol. The smallest absolute Gasteiger partial charge is 0.252 e. The molecule has 0 saturated heterocycles. The van der Waals surface area contributed by atoms with Crippen LogP contribution in [0.4, 0.5) is 0 Å². The van der Waals surface area contributed by atoms with E-state index >= 15 is 0 Å². The van der Waals surface area contributed by atoms with Crippen LogP contribution in [0.15, 0.2) is 0 Å². The van der Waals surface area contributed by atoms with Crippen molar-refractivity contribution in [1.29, 1.82) is 0 Å². The summed E-state index contributed by atoms with van der Waals surface area (Å²) in [6.45, 7) is 3.76. The molecule has 3 atom stereocenters. The van der Waals surface area contributed by atoms with Crippen LogP contribution >= 0.6 is 0 Å². The first-order valence-corrected chi connectivity index (χ1v) is 6.15. The van der Waals surface area contributed by atoms with Crippen molar-refractivity contribution >= 4 is 5.91 Å². The van der Waals surface area contributed by atoms with E-state index in [0.717, 1.165) is 19.3 Å². The molecule has 3 unspecified atom stereocenters. The zero-order chi connectivity index (χ0) is 12.2. The van der Waals surface area contributed by atoms with Crippen LogP contribution < -0.4 is 11.1 Å². The number of amides is 1. The standard InChI is InChI=1S/C12H24N2O2/c1-4-12(2,16-3)11(15)14-10-8-6-5-7-9(10)13/h9-10H,4-8,13H2,1-3H3,(H,14,15). The lowest BCUT2D eigenvalue weighted by atomic mass is 9.90. The molecule has 0 bridgehead atoms. The Morgan fingerprint density at radius 3 is 2.62 bits per heavy atom. The van der Waals surface area contributed by atoms with Gasteiger partial charge in [0.1, 0.15) is 5.60 Å². The van der Waals surface area contributed by atoms with E-state index in [2.05, 4.69) is 5.32 Å². The zero-order valence-corrected chi connectivity index (χ0v) is 10.6. The molecule has 0 aromatic rings. The van der Waals surface area contributed by atoms with Crippen LogP contribution in [0.25, 0.3) is 0 Å². The van der Waals surface area contributed by atoms with Crippen LogP contribution in [0.3, 0.4) is 0 Å². The van der Waals surface area contributed by atoms with E-state index in [9.17, 15) is 4.79 Å². The van der Waals surface area contributed by atoms with Crippen LogP contribution in [-0.4, -0.2) is 30.7 Å². The van der Waals surface area contributed by atoms with E-state index in [-0.39, 0.29) is 18.0 Å². The first-order valence-electron chi connectivity index (χ1n) is 6.15. The van der Waals surface area contributed by atoms with Gasteiger partial charge in [-0.2, -0.15) is 0 Å². The van der Waals surface area contributed by atoms with Crippen molar-refractivity contribution in [3.63, 3.8) is 0 Å². The van der Waals surface area contributed by atoms with Crippen LogP contribution in [0, 0.1) is 0 Å². The maximum atomic E-state index is 12.0. The van der Waals surface area contributed by atoms with Crippen LogP contribution in [0.1, 0.15) is 46.0 Å². The fourth-order valence-electron chi connectivity index (χ4n) is 2.06. The molecule has 0 aromatic carbocycles. The van der Waals surface area contributed by atoms with Gasteiger partial charge in [0, 0.05) is 19.2 Å². The van der Waals surface area contributed by atoms with Crippen molar-refractivity contribution in [3.05, 3.63) is 0 Å². The number of rotatable bonds is 4. The molecule has 3 N–H and O–H groups in total. The van der Waals surface area contributed by atoms with Crippen LogP contribution in [0.2, 0.25) is 0 Å². The van der Waals surface area contributed by atoms with Gasteiger partial charge in [0.05, 0.1) is 0 Å². The Morgan fingerprint density at radius 2 is 2.12 bits per heavy atom. The predicted octanol–water partition coefficient (Wildman–Crippen LogP) is 1.19. The predicted molar refractivity (Wildman–Crippen MR) is 64.1 cm³/mol. The van der Waals surface area contributed by atoms with Crippen LogP contribution in [-0.2, 0) is 9.53 Å². The van der Waals surface area contributed by atoms with Gasteiger partial charge in [0.15, 0.2) is 0 Å². The summed E-state index contributed by atoms with van der Waals surface area (Å²) in [6, 6.07) is 0.206. The molecule has 1 aliphatic carbocycles. The number of nitrogens with two attached hydrogens (primary N) is 1. The third-order valence-electron chi connectivity index (χ3n) is 3.74. The summed E-state index contributed by atoms with van der Waals surface area (Å²) in [5.74, 6) is -0.0418. The lowest BCUT2D eigenvalue weighted by Gasteiger charge is -2.33. The Morgan fingerprint density at radius 1 is 1.50 bits per heavy atom. The van der Waals surface area contributed by atoms with E-state index in [1.807, 2.05) is 13.8 Å². The minimum atomic E-state index is -0.725. The lowest BCUT2D eigenvalue weighted by Crippen LogP contribution is -2.55. The van der Waals surface area contributed by atoms with Crippen molar-refractivity contribution in [2.24, 2.45) is 5.73 Å². The summed E-state index contributed by atoms with van der Waals surface area (Å²) >= 11 is 0. The summed E-state index contributed by atoms with van der Waals surface area (Å²) < 4.78 is 5.27. The maximum absolute atomic E-state index is 12.0. The Hall–Kier alpha value is -0.610. The molecule has 0 radical (unpaired) electrons.